The minimum atomic E-state index is -4.63. The van der Waals surface area contributed by atoms with Crippen LogP contribution in [0.25, 0.3) is 0 Å². The summed E-state index contributed by atoms with van der Waals surface area (Å²) in [4.78, 5) is 12.1. The summed E-state index contributed by atoms with van der Waals surface area (Å²) in [6, 6.07) is 7.79. The fourth-order valence-corrected chi connectivity index (χ4v) is 2.35. The third kappa shape index (κ3) is 3.72. The van der Waals surface area contributed by atoms with E-state index in [4.69, 9.17) is 23.2 Å². The van der Waals surface area contributed by atoms with E-state index in [1.807, 2.05) is 0 Å². The monoisotopic (exact) mass is 347 g/mol. The number of hydrogen-bond acceptors (Lipinski definition) is 1. The smallest absolute Gasteiger partial charge is 0.321 e. The van der Waals surface area contributed by atoms with E-state index < -0.39 is 17.6 Å². The van der Waals surface area contributed by atoms with Crippen LogP contribution in [-0.4, -0.2) is 5.91 Å². The number of hydrogen-bond donors (Lipinski definition) is 1. The lowest BCUT2D eigenvalue weighted by molar-refractivity contribution is -0.136. The van der Waals surface area contributed by atoms with Gasteiger partial charge in [-0.25, -0.2) is 0 Å². The zero-order valence-electron chi connectivity index (χ0n) is 11.3. The van der Waals surface area contributed by atoms with Crippen LogP contribution in [0.3, 0.4) is 0 Å². The Hall–Kier alpha value is -1.72. The van der Waals surface area contributed by atoms with Crippen molar-refractivity contribution in [2.45, 2.75) is 13.1 Å². The second kappa shape index (κ2) is 6.18. The number of carbonyl (C=O) groups excluding carboxylic acids is 1. The van der Waals surface area contributed by atoms with Crippen molar-refractivity contribution in [1.82, 2.24) is 0 Å². The van der Waals surface area contributed by atoms with Gasteiger partial charge in [0.15, 0.2) is 0 Å². The minimum Gasteiger partial charge on any atom is -0.321 e. The Kier molecular flexibility index (Phi) is 4.68. The highest BCUT2D eigenvalue weighted by atomic mass is 35.5. The van der Waals surface area contributed by atoms with Gasteiger partial charge in [-0.3, -0.25) is 4.79 Å². The number of halogens is 5. The zero-order chi connectivity index (χ0) is 16.5. The summed E-state index contributed by atoms with van der Waals surface area (Å²) in [5.41, 5.74) is -0.463. The molecule has 7 heteroatoms. The van der Waals surface area contributed by atoms with Gasteiger partial charge in [0.25, 0.3) is 5.91 Å². The van der Waals surface area contributed by atoms with E-state index >= 15 is 0 Å². The molecule has 2 rings (SSSR count). The van der Waals surface area contributed by atoms with Gasteiger partial charge in [-0.1, -0.05) is 29.3 Å². The molecule has 0 aliphatic carbocycles. The highest BCUT2D eigenvalue weighted by Crippen LogP contribution is 2.36. The summed E-state index contributed by atoms with van der Waals surface area (Å²) in [5, 5.41) is 2.31. The topological polar surface area (TPSA) is 29.1 Å². The molecule has 0 unspecified atom stereocenters. The second-order valence-electron chi connectivity index (χ2n) is 4.63. The van der Waals surface area contributed by atoms with Crippen molar-refractivity contribution in [3.05, 3.63) is 63.1 Å². The minimum absolute atomic E-state index is 0.0707. The highest BCUT2D eigenvalue weighted by molar-refractivity contribution is 6.34. The molecule has 0 aliphatic heterocycles. The Morgan fingerprint density at radius 3 is 2.36 bits per heavy atom. The van der Waals surface area contributed by atoms with Crippen LogP contribution in [-0.2, 0) is 6.18 Å². The first-order valence-electron chi connectivity index (χ1n) is 6.13. The molecule has 0 saturated carbocycles. The van der Waals surface area contributed by atoms with E-state index in [2.05, 4.69) is 5.32 Å². The Morgan fingerprint density at radius 2 is 1.77 bits per heavy atom. The molecule has 0 saturated heterocycles. The zero-order valence-corrected chi connectivity index (χ0v) is 12.8. The quantitative estimate of drug-likeness (QED) is 0.755. The predicted molar refractivity (Wildman–Crippen MR) is 80.6 cm³/mol. The number of amides is 1. The van der Waals surface area contributed by atoms with Gasteiger partial charge in [-0.05, 0) is 42.8 Å². The van der Waals surface area contributed by atoms with E-state index in [0.29, 0.717) is 0 Å². The van der Waals surface area contributed by atoms with Gasteiger partial charge >= 0.3 is 6.18 Å². The van der Waals surface area contributed by atoms with Gasteiger partial charge in [-0.2, -0.15) is 13.2 Å². The Labute approximate surface area is 134 Å². The number of aryl methyl sites for hydroxylation is 1. The highest BCUT2D eigenvalue weighted by Gasteiger charge is 2.34. The van der Waals surface area contributed by atoms with Gasteiger partial charge in [0.2, 0.25) is 0 Å². The number of alkyl halides is 3. The molecule has 0 bridgehead atoms. The van der Waals surface area contributed by atoms with Crippen molar-refractivity contribution in [3.8, 4) is 0 Å². The first kappa shape index (κ1) is 16.6. The third-order valence-electron chi connectivity index (χ3n) is 2.90. The van der Waals surface area contributed by atoms with Gasteiger partial charge < -0.3 is 5.32 Å². The molecule has 0 spiro atoms. The summed E-state index contributed by atoms with van der Waals surface area (Å²) in [5.74, 6) is -0.724. The molecule has 0 heterocycles. The second-order valence-corrected chi connectivity index (χ2v) is 5.47. The first-order chi connectivity index (χ1) is 10.2. The average molecular weight is 348 g/mol. The van der Waals surface area contributed by atoms with E-state index in [1.165, 1.54) is 12.1 Å². The Balaban J connectivity index is 2.36. The van der Waals surface area contributed by atoms with Crippen LogP contribution in [0.15, 0.2) is 36.4 Å². The molecule has 116 valence electrons. The SMILES string of the molecule is Cc1ccc(C(=O)Nc2ccc(Cl)cc2C(F)(F)F)c(Cl)c1. The summed E-state index contributed by atoms with van der Waals surface area (Å²) in [6.07, 6.45) is -4.63. The Morgan fingerprint density at radius 1 is 1.09 bits per heavy atom. The van der Waals surface area contributed by atoms with Crippen LogP contribution in [0.4, 0.5) is 18.9 Å². The van der Waals surface area contributed by atoms with E-state index in [1.54, 1.807) is 19.1 Å². The van der Waals surface area contributed by atoms with Crippen LogP contribution in [0.1, 0.15) is 21.5 Å². The molecule has 22 heavy (non-hydrogen) atoms. The van der Waals surface area contributed by atoms with Gasteiger partial charge in [0.1, 0.15) is 0 Å². The summed E-state index contributed by atoms with van der Waals surface area (Å²) >= 11 is 11.5. The number of anilines is 1. The van der Waals surface area contributed by atoms with Crippen LogP contribution >= 0.6 is 23.2 Å². The van der Waals surface area contributed by atoms with Crippen LogP contribution in [0, 0.1) is 6.92 Å². The predicted octanol–water partition coefficient (Wildman–Crippen LogP) is 5.57. The number of nitrogens with one attached hydrogen (secondary N) is 1. The molecule has 0 aliphatic rings. The van der Waals surface area contributed by atoms with Crippen molar-refractivity contribution in [3.63, 3.8) is 0 Å². The summed E-state index contributed by atoms with van der Waals surface area (Å²) in [7, 11) is 0. The first-order valence-corrected chi connectivity index (χ1v) is 6.88. The molecule has 2 aromatic rings. The van der Waals surface area contributed by atoms with E-state index in [-0.39, 0.29) is 21.3 Å². The van der Waals surface area contributed by atoms with Crippen molar-refractivity contribution in [1.29, 1.82) is 0 Å². The van der Waals surface area contributed by atoms with Crippen LogP contribution in [0.2, 0.25) is 10.0 Å². The standard InChI is InChI=1S/C15H10Cl2F3NO/c1-8-2-4-10(12(17)6-8)14(22)21-13-5-3-9(16)7-11(13)15(18,19)20/h2-7H,1H3,(H,21,22). The van der Waals surface area contributed by atoms with Crippen molar-refractivity contribution < 1.29 is 18.0 Å². The Bertz CT molecular complexity index is 729. The fourth-order valence-electron chi connectivity index (χ4n) is 1.85. The lowest BCUT2D eigenvalue weighted by Crippen LogP contribution is -2.17. The maximum atomic E-state index is 13.0. The lowest BCUT2D eigenvalue weighted by atomic mass is 10.1. The van der Waals surface area contributed by atoms with Gasteiger partial charge in [0.05, 0.1) is 21.8 Å². The molecule has 0 aromatic heterocycles. The maximum absolute atomic E-state index is 13.0. The van der Waals surface area contributed by atoms with Gasteiger partial charge in [-0.15, -0.1) is 0 Å². The molecule has 1 amide bonds. The number of benzene rings is 2. The maximum Gasteiger partial charge on any atom is 0.418 e. The van der Waals surface area contributed by atoms with E-state index in [9.17, 15) is 18.0 Å². The van der Waals surface area contributed by atoms with Gasteiger partial charge in [0, 0.05) is 5.02 Å². The van der Waals surface area contributed by atoms with E-state index in [0.717, 1.165) is 17.7 Å². The summed E-state index contributed by atoms with van der Waals surface area (Å²) < 4.78 is 38.9. The van der Waals surface area contributed by atoms with Crippen LogP contribution in [0.5, 0.6) is 0 Å². The molecule has 2 nitrogen and oxygen atoms in total. The molecular weight excluding hydrogens is 338 g/mol. The lowest BCUT2D eigenvalue weighted by Gasteiger charge is -2.14. The van der Waals surface area contributed by atoms with Crippen LogP contribution < -0.4 is 5.32 Å². The molecular formula is C15H10Cl2F3NO. The molecule has 0 radical (unpaired) electrons. The molecule has 1 N–H and O–H groups in total. The molecule has 2 aromatic carbocycles. The number of carbonyl (C=O) groups is 1. The van der Waals surface area contributed by atoms with Crippen molar-refractivity contribution in [2.24, 2.45) is 0 Å². The summed E-state index contributed by atoms with van der Waals surface area (Å²) in [6.45, 7) is 1.79. The third-order valence-corrected chi connectivity index (χ3v) is 3.45. The molecule has 0 atom stereocenters. The number of rotatable bonds is 2. The fraction of sp³-hybridized carbons (Fsp3) is 0.133. The molecule has 0 fully saturated rings. The average Bonchev–Trinajstić information content (AvgIpc) is 2.39. The normalized spacial score (nSPS) is 11.4. The van der Waals surface area contributed by atoms with Crippen molar-refractivity contribution in [2.75, 3.05) is 5.32 Å². The largest absolute Gasteiger partial charge is 0.418 e. The van der Waals surface area contributed by atoms with Crippen molar-refractivity contribution >= 4 is 34.8 Å².